The Morgan fingerprint density at radius 2 is 2.05 bits per heavy atom. The maximum absolute atomic E-state index is 11.5. The van der Waals surface area contributed by atoms with E-state index < -0.39 is 0 Å². The van der Waals surface area contributed by atoms with Crippen molar-refractivity contribution in [3.05, 3.63) is 28.2 Å². The van der Waals surface area contributed by atoms with Crippen molar-refractivity contribution in [3.63, 3.8) is 0 Å². The molecule has 1 aliphatic heterocycles. The number of hydrogen-bond acceptors (Lipinski definition) is 3. The van der Waals surface area contributed by atoms with Gasteiger partial charge in [-0.1, -0.05) is 15.9 Å². The van der Waals surface area contributed by atoms with Gasteiger partial charge in [0.25, 0.3) is 5.91 Å². The molecule has 0 radical (unpaired) electrons. The first-order chi connectivity index (χ1) is 9.11. The van der Waals surface area contributed by atoms with Gasteiger partial charge in [-0.2, -0.15) is 0 Å². The molecule has 19 heavy (non-hydrogen) atoms. The lowest BCUT2D eigenvalue weighted by atomic mass is 9.93. The van der Waals surface area contributed by atoms with Gasteiger partial charge in [-0.25, -0.2) is 0 Å². The third-order valence-corrected chi connectivity index (χ3v) is 4.25. The molecule has 2 rings (SSSR count). The molecular weight excluding hydrogens is 306 g/mol. The fourth-order valence-corrected chi connectivity index (χ4v) is 3.02. The first kappa shape index (κ1) is 14.3. The van der Waals surface area contributed by atoms with Gasteiger partial charge in [0.05, 0.1) is 11.3 Å². The second kappa shape index (κ2) is 6.39. The highest BCUT2D eigenvalue weighted by atomic mass is 79.9. The molecule has 1 aliphatic rings. The smallest absolute Gasteiger partial charge is 0.250 e. The Bertz CT molecular complexity index is 456. The molecule has 1 aromatic carbocycles. The van der Waals surface area contributed by atoms with E-state index in [9.17, 15) is 4.79 Å². The summed E-state index contributed by atoms with van der Waals surface area (Å²) in [4.78, 5) is 13.8. The molecule has 1 heterocycles. The van der Waals surface area contributed by atoms with Gasteiger partial charge in [-0.05, 0) is 49.9 Å². The average molecular weight is 326 g/mol. The average Bonchev–Trinajstić information content (AvgIpc) is 2.39. The van der Waals surface area contributed by atoms with Crippen LogP contribution in [0.25, 0.3) is 0 Å². The molecule has 1 aromatic rings. The third kappa shape index (κ3) is 3.48. The maximum atomic E-state index is 11.5. The highest BCUT2D eigenvalue weighted by molar-refractivity contribution is 9.10. The van der Waals surface area contributed by atoms with Crippen LogP contribution in [0.4, 0.5) is 5.69 Å². The SMILES string of the molecule is NCCC1CCN(c2cc(Br)ccc2C(N)=O)CC1. The number of anilines is 1. The van der Waals surface area contributed by atoms with Crippen LogP contribution in [0.5, 0.6) is 0 Å². The molecule has 0 aromatic heterocycles. The first-order valence-corrected chi connectivity index (χ1v) is 7.45. The van der Waals surface area contributed by atoms with Crippen molar-refractivity contribution < 1.29 is 4.79 Å². The lowest BCUT2D eigenvalue weighted by molar-refractivity contribution is 0.100. The molecule has 5 heteroatoms. The second-order valence-corrected chi connectivity index (χ2v) is 5.95. The number of nitrogens with zero attached hydrogens (tertiary/aromatic N) is 1. The first-order valence-electron chi connectivity index (χ1n) is 6.66. The Hall–Kier alpha value is -1.07. The van der Waals surface area contributed by atoms with Crippen molar-refractivity contribution >= 4 is 27.5 Å². The second-order valence-electron chi connectivity index (χ2n) is 5.03. The highest BCUT2D eigenvalue weighted by Gasteiger charge is 2.22. The number of benzene rings is 1. The highest BCUT2D eigenvalue weighted by Crippen LogP contribution is 2.29. The summed E-state index contributed by atoms with van der Waals surface area (Å²) in [7, 11) is 0. The summed E-state index contributed by atoms with van der Waals surface area (Å²) in [5.41, 5.74) is 12.6. The number of piperidine rings is 1. The van der Waals surface area contributed by atoms with Crippen LogP contribution in [0.15, 0.2) is 22.7 Å². The quantitative estimate of drug-likeness (QED) is 0.890. The minimum absolute atomic E-state index is 0.369. The summed E-state index contributed by atoms with van der Waals surface area (Å²) in [6.07, 6.45) is 3.35. The molecule has 1 amide bonds. The molecule has 0 spiro atoms. The molecule has 0 unspecified atom stereocenters. The van der Waals surface area contributed by atoms with E-state index in [0.717, 1.165) is 49.1 Å². The van der Waals surface area contributed by atoms with Crippen molar-refractivity contribution in [2.24, 2.45) is 17.4 Å². The summed E-state index contributed by atoms with van der Waals surface area (Å²) in [6, 6.07) is 5.61. The minimum atomic E-state index is -0.369. The zero-order chi connectivity index (χ0) is 13.8. The number of amides is 1. The Labute approximate surface area is 122 Å². The number of nitrogens with two attached hydrogens (primary N) is 2. The van der Waals surface area contributed by atoms with Crippen molar-refractivity contribution in [3.8, 4) is 0 Å². The molecule has 1 fully saturated rings. The monoisotopic (exact) mass is 325 g/mol. The van der Waals surface area contributed by atoms with Crippen molar-refractivity contribution in [2.75, 3.05) is 24.5 Å². The van der Waals surface area contributed by atoms with Gasteiger partial charge in [-0.15, -0.1) is 0 Å². The number of rotatable bonds is 4. The third-order valence-electron chi connectivity index (χ3n) is 3.76. The molecule has 0 saturated carbocycles. The van der Waals surface area contributed by atoms with E-state index in [2.05, 4.69) is 20.8 Å². The van der Waals surface area contributed by atoms with Gasteiger partial charge in [0.15, 0.2) is 0 Å². The van der Waals surface area contributed by atoms with E-state index in [1.807, 2.05) is 12.1 Å². The molecule has 4 nitrogen and oxygen atoms in total. The van der Waals surface area contributed by atoms with Gasteiger partial charge < -0.3 is 16.4 Å². The number of hydrogen-bond donors (Lipinski definition) is 2. The molecule has 104 valence electrons. The van der Waals surface area contributed by atoms with Crippen LogP contribution in [0, 0.1) is 5.92 Å². The molecule has 0 bridgehead atoms. The number of carbonyl (C=O) groups excluding carboxylic acids is 1. The lowest BCUT2D eigenvalue weighted by Crippen LogP contribution is -2.35. The topological polar surface area (TPSA) is 72.3 Å². The minimum Gasteiger partial charge on any atom is -0.371 e. The summed E-state index contributed by atoms with van der Waals surface area (Å²) in [5.74, 6) is 0.344. The normalized spacial score (nSPS) is 16.6. The summed E-state index contributed by atoms with van der Waals surface area (Å²) < 4.78 is 0.969. The van der Waals surface area contributed by atoms with E-state index in [-0.39, 0.29) is 5.91 Å². The van der Waals surface area contributed by atoms with Crippen molar-refractivity contribution in [1.82, 2.24) is 0 Å². The number of primary amides is 1. The molecule has 0 aliphatic carbocycles. The van der Waals surface area contributed by atoms with Crippen LogP contribution in [0.3, 0.4) is 0 Å². The number of carbonyl (C=O) groups is 1. The van der Waals surface area contributed by atoms with Crippen molar-refractivity contribution in [2.45, 2.75) is 19.3 Å². The molecule has 1 saturated heterocycles. The van der Waals surface area contributed by atoms with Crippen LogP contribution < -0.4 is 16.4 Å². The lowest BCUT2D eigenvalue weighted by Gasteiger charge is -2.34. The number of halogens is 1. The van der Waals surface area contributed by atoms with E-state index in [4.69, 9.17) is 11.5 Å². The predicted molar refractivity (Wildman–Crippen MR) is 81.3 cm³/mol. The van der Waals surface area contributed by atoms with Gasteiger partial charge in [-0.3, -0.25) is 4.79 Å². The van der Waals surface area contributed by atoms with Crippen molar-refractivity contribution in [1.29, 1.82) is 0 Å². The standard InChI is InChI=1S/C14H20BrN3O/c15-11-1-2-12(14(17)19)13(9-11)18-7-4-10(3-6-16)5-8-18/h1-2,9-10H,3-8,16H2,(H2,17,19). The van der Waals surface area contributed by atoms with Crippen LogP contribution in [-0.2, 0) is 0 Å². The van der Waals surface area contributed by atoms with Gasteiger partial charge in [0.1, 0.15) is 0 Å². The molecular formula is C14H20BrN3O. The Morgan fingerprint density at radius 3 is 2.63 bits per heavy atom. The summed E-state index contributed by atoms with van der Waals surface area (Å²) in [6.45, 7) is 2.68. The zero-order valence-corrected chi connectivity index (χ0v) is 12.5. The summed E-state index contributed by atoms with van der Waals surface area (Å²) in [5, 5.41) is 0. The van der Waals surface area contributed by atoms with Crippen LogP contribution in [-0.4, -0.2) is 25.5 Å². The fraction of sp³-hybridized carbons (Fsp3) is 0.500. The van der Waals surface area contributed by atoms with Crippen LogP contribution in [0.1, 0.15) is 29.6 Å². The predicted octanol–water partition coefficient (Wildman–Crippen LogP) is 2.11. The maximum Gasteiger partial charge on any atom is 0.250 e. The van der Waals surface area contributed by atoms with Crippen LogP contribution in [0.2, 0.25) is 0 Å². The summed E-state index contributed by atoms with van der Waals surface area (Å²) >= 11 is 3.45. The van der Waals surface area contributed by atoms with E-state index in [0.29, 0.717) is 11.5 Å². The molecule has 4 N–H and O–H groups in total. The fourth-order valence-electron chi connectivity index (χ4n) is 2.67. The van der Waals surface area contributed by atoms with Crippen LogP contribution >= 0.6 is 15.9 Å². The van der Waals surface area contributed by atoms with E-state index >= 15 is 0 Å². The van der Waals surface area contributed by atoms with Gasteiger partial charge >= 0.3 is 0 Å². The Kier molecular flexibility index (Phi) is 4.82. The Morgan fingerprint density at radius 1 is 1.37 bits per heavy atom. The molecule has 0 atom stereocenters. The van der Waals surface area contributed by atoms with E-state index in [1.165, 1.54) is 0 Å². The zero-order valence-electron chi connectivity index (χ0n) is 10.9. The Balaban J connectivity index is 2.14. The van der Waals surface area contributed by atoms with Gasteiger partial charge in [0, 0.05) is 17.6 Å². The van der Waals surface area contributed by atoms with E-state index in [1.54, 1.807) is 6.07 Å². The largest absolute Gasteiger partial charge is 0.371 e. The van der Waals surface area contributed by atoms with Gasteiger partial charge in [0.2, 0.25) is 0 Å².